The molecule has 0 saturated heterocycles. The molecule has 0 aromatic heterocycles. The van der Waals surface area contributed by atoms with E-state index in [0.717, 1.165) is 36.2 Å². The Hall–Kier alpha value is -1.58. The Bertz CT molecular complexity index is 789. The molecule has 166 valence electrons. The zero-order valence-electron chi connectivity index (χ0n) is 19.5. The highest BCUT2D eigenvalue weighted by molar-refractivity contribution is 5.94. The van der Waals surface area contributed by atoms with Crippen molar-refractivity contribution in [2.24, 2.45) is 34.0 Å². The van der Waals surface area contributed by atoms with Crippen LogP contribution in [0.5, 0.6) is 0 Å². The number of ether oxygens (including phenoxy) is 1. The van der Waals surface area contributed by atoms with Crippen molar-refractivity contribution in [2.45, 2.75) is 86.0 Å². The molecule has 5 atom stereocenters. The van der Waals surface area contributed by atoms with Gasteiger partial charge in [-0.05, 0) is 84.7 Å². The van der Waals surface area contributed by atoms with Crippen molar-refractivity contribution in [3.63, 3.8) is 0 Å². The van der Waals surface area contributed by atoms with Gasteiger partial charge >= 0.3 is 6.09 Å². The van der Waals surface area contributed by atoms with Crippen LogP contribution in [0.15, 0.2) is 23.3 Å². The van der Waals surface area contributed by atoms with E-state index in [9.17, 15) is 9.59 Å². The molecule has 4 aliphatic carbocycles. The van der Waals surface area contributed by atoms with Gasteiger partial charge in [0.1, 0.15) is 6.61 Å². The lowest BCUT2D eigenvalue weighted by molar-refractivity contribution is -0.127. The lowest BCUT2D eigenvalue weighted by atomic mass is 9.48. The zero-order chi connectivity index (χ0) is 21.7. The van der Waals surface area contributed by atoms with Crippen molar-refractivity contribution in [2.75, 3.05) is 6.61 Å². The van der Waals surface area contributed by atoms with Crippen LogP contribution in [-0.4, -0.2) is 18.6 Å². The summed E-state index contributed by atoms with van der Waals surface area (Å²) in [5.41, 5.74) is 2.87. The molecule has 30 heavy (non-hydrogen) atoms. The fourth-order valence-electron chi connectivity index (χ4n) is 6.96. The normalized spacial score (nSPS) is 37.8. The van der Waals surface area contributed by atoms with Crippen LogP contribution in [0.25, 0.3) is 0 Å². The first-order valence-electron chi connectivity index (χ1n) is 11.9. The van der Waals surface area contributed by atoms with Crippen LogP contribution in [0.1, 0.15) is 86.0 Å². The minimum absolute atomic E-state index is 0.265. The summed E-state index contributed by atoms with van der Waals surface area (Å²) in [7, 11) is 0. The maximum absolute atomic E-state index is 12.0. The van der Waals surface area contributed by atoms with Gasteiger partial charge in [0.2, 0.25) is 5.91 Å². The van der Waals surface area contributed by atoms with Crippen LogP contribution in [0.4, 0.5) is 4.79 Å². The van der Waals surface area contributed by atoms with Crippen LogP contribution in [0.3, 0.4) is 0 Å². The summed E-state index contributed by atoms with van der Waals surface area (Å²) < 4.78 is 5.37. The summed E-state index contributed by atoms with van der Waals surface area (Å²) in [6.07, 6.45) is 14.5. The zero-order valence-corrected chi connectivity index (χ0v) is 19.5. The standard InChI is InChI=1S/C26H39NO3/c1-24(2,3)22(28)27-23(29)30-16-17-10-14-26(5)18(15-17)8-9-19-20-7-6-12-25(20,4)13-11-21(19)26/h8,15,19-21H,6-7,9-14,16H2,1-5H3,(H,27,28,29)/t19?,20?,21?,25-,26-/m0/s1. The number of hydrogen-bond acceptors (Lipinski definition) is 3. The third kappa shape index (κ3) is 3.76. The van der Waals surface area contributed by atoms with E-state index in [-0.39, 0.29) is 17.9 Å². The summed E-state index contributed by atoms with van der Waals surface area (Å²) in [5.74, 6) is 2.24. The summed E-state index contributed by atoms with van der Waals surface area (Å²) >= 11 is 0. The fraction of sp³-hybridized carbons (Fsp3) is 0.769. The van der Waals surface area contributed by atoms with Gasteiger partial charge in [-0.3, -0.25) is 10.1 Å². The van der Waals surface area contributed by atoms with Gasteiger partial charge in [-0.25, -0.2) is 4.79 Å². The summed E-state index contributed by atoms with van der Waals surface area (Å²) in [4.78, 5) is 24.0. The van der Waals surface area contributed by atoms with Gasteiger partial charge in [-0.15, -0.1) is 0 Å². The number of imide groups is 1. The Morgan fingerprint density at radius 1 is 1.13 bits per heavy atom. The molecule has 0 aromatic carbocycles. The lowest BCUT2D eigenvalue weighted by Crippen LogP contribution is -2.48. The minimum atomic E-state index is -0.644. The number of nitrogens with one attached hydrogen (secondary N) is 1. The minimum Gasteiger partial charge on any atom is -0.445 e. The summed E-state index contributed by atoms with van der Waals surface area (Å²) in [6, 6.07) is 0. The Balaban J connectivity index is 1.42. The van der Waals surface area contributed by atoms with Gasteiger partial charge in [0.15, 0.2) is 0 Å². The molecule has 0 radical (unpaired) electrons. The van der Waals surface area contributed by atoms with Crippen LogP contribution in [-0.2, 0) is 9.53 Å². The van der Waals surface area contributed by atoms with E-state index >= 15 is 0 Å². The number of carbonyl (C=O) groups excluding carboxylic acids is 2. The molecule has 0 spiro atoms. The van der Waals surface area contributed by atoms with Crippen molar-refractivity contribution in [3.8, 4) is 0 Å². The molecule has 0 heterocycles. The Kier molecular flexibility index (Phi) is 5.43. The second-order valence-corrected chi connectivity index (χ2v) is 11.9. The van der Waals surface area contributed by atoms with Gasteiger partial charge in [-0.1, -0.05) is 53.2 Å². The predicted octanol–water partition coefficient (Wildman–Crippen LogP) is 6.17. The van der Waals surface area contributed by atoms with Gasteiger partial charge in [-0.2, -0.15) is 0 Å². The number of rotatable bonds is 2. The largest absolute Gasteiger partial charge is 0.445 e. The Morgan fingerprint density at radius 3 is 2.63 bits per heavy atom. The van der Waals surface area contributed by atoms with Crippen LogP contribution in [0, 0.1) is 34.0 Å². The lowest BCUT2D eigenvalue weighted by Gasteiger charge is -2.56. The highest BCUT2D eigenvalue weighted by Gasteiger charge is 2.55. The van der Waals surface area contributed by atoms with Gasteiger partial charge < -0.3 is 4.74 Å². The monoisotopic (exact) mass is 413 g/mol. The average molecular weight is 414 g/mol. The van der Waals surface area contributed by atoms with Gasteiger partial charge in [0.05, 0.1) is 0 Å². The number of amides is 2. The van der Waals surface area contributed by atoms with Crippen LogP contribution < -0.4 is 5.32 Å². The molecule has 0 aromatic rings. The molecule has 2 saturated carbocycles. The van der Waals surface area contributed by atoms with Gasteiger partial charge in [0.25, 0.3) is 0 Å². The SMILES string of the molecule is CC(C)(C)C(=O)NC(=O)OCC1=CC2=CCC3C4CCC[C@@]4(C)CCC3[C@@]2(C)CC1. The molecule has 4 nitrogen and oxygen atoms in total. The first-order chi connectivity index (χ1) is 14.0. The molecule has 1 N–H and O–H groups in total. The number of alkyl carbamates (subject to hydrolysis) is 1. The third-order valence-electron chi connectivity index (χ3n) is 8.92. The maximum atomic E-state index is 12.0. The van der Waals surface area contributed by atoms with Crippen LogP contribution >= 0.6 is 0 Å². The number of carbonyl (C=O) groups is 2. The highest BCUT2D eigenvalue weighted by Crippen LogP contribution is 2.64. The quantitative estimate of drug-likeness (QED) is 0.588. The molecular formula is C26H39NO3. The fourth-order valence-corrected chi connectivity index (χ4v) is 6.96. The van der Waals surface area contributed by atoms with Crippen molar-refractivity contribution >= 4 is 12.0 Å². The average Bonchev–Trinajstić information content (AvgIpc) is 3.07. The van der Waals surface area contributed by atoms with E-state index in [1.807, 2.05) is 0 Å². The third-order valence-corrected chi connectivity index (χ3v) is 8.92. The molecule has 4 aliphatic rings. The Labute approximate surface area is 181 Å². The maximum Gasteiger partial charge on any atom is 0.414 e. The predicted molar refractivity (Wildman–Crippen MR) is 119 cm³/mol. The molecule has 4 rings (SSSR count). The summed E-state index contributed by atoms with van der Waals surface area (Å²) in [5, 5.41) is 2.34. The molecular weight excluding hydrogens is 374 g/mol. The highest BCUT2D eigenvalue weighted by atomic mass is 16.5. The van der Waals surface area contributed by atoms with E-state index in [1.54, 1.807) is 20.8 Å². The Morgan fingerprint density at radius 2 is 1.90 bits per heavy atom. The van der Waals surface area contributed by atoms with Crippen molar-refractivity contribution in [3.05, 3.63) is 23.3 Å². The van der Waals surface area contributed by atoms with Crippen molar-refractivity contribution in [1.29, 1.82) is 0 Å². The van der Waals surface area contributed by atoms with E-state index in [2.05, 4.69) is 31.3 Å². The first kappa shape index (κ1) is 21.6. The molecule has 4 heteroatoms. The molecule has 2 amide bonds. The van der Waals surface area contributed by atoms with E-state index < -0.39 is 11.5 Å². The number of hydrogen-bond donors (Lipinski definition) is 1. The molecule has 0 bridgehead atoms. The van der Waals surface area contributed by atoms with E-state index in [1.165, 1.54) is 44.1 Å². The first-order valence-corrected chi connectivity index (χ1v) is 11.9. The van der Waals surface area contributed by atoms with E-state index in [0.29, 0.717) is 5.41 Å². The topological polar surface area (TPSA) is 55.4 Å². The smallest absolute Gasteiger partial charge is 0.414 e. The number of allylic oxidation sites excluding steroid dienone is 3. The molecule has 2 fully saturated rings. The van der Waals surface area contributed by atoms with Crippen molar-refractivity contribution in [1.82, 2.24) is 5.32 Å². The molecule has 0 aliphatic heterocycles. The second-order valence-electron chi connectivity index (χ2n) is 11.9. The van der Waals surface area contributed by atoms with Crippen LogP contribution in [0.2, 0.25) is 0 Å². The van der Waals surface area contributed by atoms with Crippen molar-refractivity contribution < 1.29 is 14.3 Å². The second kappa shape index (κ2) is 7.53. The van der Waals surface area contributed by atoms with E-state index in [4.69, 9.17) is 4.74 Å². The summed E-state index contributed by atoms with van der Waals surface area (Å²) in [6.45, 7) is 10.6. The van der Waals surface area contributed by atoms with Gasteiger partial charge in [0, 0.05) is 5.41 Å². The molecule has 3 unspecified atom stereocenters. The number of fused-ring (bicyclic) bond motifs is 5.